The first-order valence-electron chi connectivity index (χ1n) is 7.89. The Morgan fingerprint density at radius 1 is 0.840 bits per heavy atom. The topological polar surface area (TPSA) is 33.5 Å². The monoisotopic (exact) mass is 373 g/mol. The van der Waals surface area contributed by atoms with Crippen molar-refractivity contribution >= 4 is 29.1 Å². The van der Waals surface area contributed by atoms with E-state index in [1.807, 2.05) is 48.5 Å². The van der Waals surface area contributed by atoms with Crippen LogP contribution in [0.4, 0.5) is 0 Å². The Morgan fingerprint density at radius 3 is 2.00 bits per heavy atom. The van der Waals surface area contributed by atoms with Crippen LogP contribution in [0, 0.1) is 0 Å². The van der Waals surface area contributed by atoms with Crippen molar-refractivity contribution in [3.63, 3.8) is 0 Å². The Labute approximate surface area is 156 Å². The van der Waals surface area contributed by atoms with Gasteiger partial charge in [0.1, 0.15) is 5.76 Å². The van der Waals surface area contributed by atoms with Gasteiger partial charge < -0.3 is 9.32 Å². The number of nitrogens with zero attached hydrogens (tertiary/aromatic N) is 1. The molecule has 2 aromatic carbocycles. The molecule has 0 atom stereocenters. The SMILES string of the molecule is O=C(Cc1ccc(Cl)cc1)N(Cc1ccc(Cl)cc1)Cc1ccco1. The molecule has 0 radical (unpaired) electrons. The molecular formula is C20H17Cl2NO2. The van der Waals surface area contributed by atoms with Gasteiger partial charge in [-0.2, -0.15) is 0 Å². The molecule has 0 aliphatic rings. The second-order valence-electron chi connectivity index (χ2n) is 5.76. The molecule has 0 unspecified atom stereocenters. The summed E-state index contributed by atoms with van der Waals surface area (Å²) in [6, 6.07) is 18.5. The van der Waals surface area contributed by atoms with Gasteiger partial charge in [0.05, 0.1) is 19.2 Å². The van der Waals surface area contributed by atoms with Crippen LogP contribution in [0.3, 0.4) is 0 Å². The van der Waals surface area contributed by atoms with Crippen LogP contribution in [0.15, 0.2) is 71.3 Å². The van der Waals surface area contributed by atoms with E-state index >= 15 is 0 Å². The zero-order chi connectivity index (χ0) is 17.6. The van der Waals surface area contributed by atoms with Crippen LogP contribution in [0.25, 0.3) is 0 Å². The summed E-state index contributed by atoms with van der Waals surface area (Å²) in [4.78, 5) is 14.6. The molecule has 0 saturated heterocycles. The van der Waals surface area contributed by atoms with Crippen molar-refractivity contribution in [1.82, 2.24) is 4.90 Å². The Kier molecular flexibility index (Phi) is 5.79. The fraction of sp³-hybridized carbons (Fsp3) is 0.150. The van der Waals surface area contributed by atoms with Crippen molar-refractivity contribution in [2.24, 2.45) is 0 Å². The van der Waals surface area contributed by atoms with Crippen LogP contribution in [0.2, 0.25) is 10.0 Å². The third-order valence-corrected chi connectivity index (χ3v) is 4.34. The fourth-order valence-corrected chi connectivity index (χ4v) is 2.77. The summed E-state index contributed by atoms with van der Waals surface area (Å²) in [5.41, 5.74) is 1.94. The van der Waals surface area contributed by atoms with Gasteiger partial charge >= 0.3 is 0 Å². The van der Waals surface area contributed by atoms with E-state index in [-0.39, 0.29) is 5.91 Å². The number of rotatable bonds is 6. The summed E-state index contributed by atoms with van der Waals surface area (Å²) in [5.74, 6) is 0.770. The molecule has 0 aliphatic carbocycles. The van der Waals surface area contributed by atoms with Crippen molar-refractivity contribution in [3.05, 3.63) is 93.9 Å². The summed E-state index contributed by atoms with van der Waals surface area (Å²) in [6.07, 6.45) is 1.92. The molecule has 0 saturated carbocycles. The van der Waals surface area contributed by atoms with Crippen LogP contribution in [0.5, 0.6) is 0 Å². The van der Waals surface area contributed by atoms with E-state index < -0.39 is 0 Å². The summed E-state index contributed by atoms with van der Waals surface area (Å²) >= 11 is 11.8. The van der Waals surface area contributed by atoms with Gasteiger partial charge in [-0.1, -0.05) is 47.5 Å². The van der Waals surface area contributed by atoms with Gasteiger partial charge in [0, 0.05) is 16.6 Å². The number of hydrogen-bond donors (Lipinski definition) is 0. The molecule has 128 valence electrons. The maximum absolute atomic E-state index is 12.8. The van der Waals surface area contributed by atoms with Gasteiger partial charge in [-0.05, 0) is 47.5 Å². The van der Waals surface area contributed by atoms with E-state index in [0.29, 0.717) is 29.6 Å². The van der Waals surface area contributed by atoms with Crippen molar-refractivity contribution in [3.8, 4) is 0 Å². The van der Waals surface area contributed by atoms with Crippen molar-refractivity contribution in [2.45, 2.75) is 19.5 Å². The van der Waals surface area contributed by atoms with Gasteiger partial charge in [-0.15, -0.1) is 0 Å². The average molecular weight is 374 g/mol. The first-order chi connectivity index (χ1) is 12.1. The Bertz CT molecular complexity index is 812. The minimum absolute atomic E-state index is 0.0219. The zero-order valence-corrected chi connectivity index (χ0v) is 15.0. The van der Waals surface area contributed by atoms with Crippen molar-refractivity contribution in [2.75, 3.05) is 0 Å². The Balaban J connectivity index is 1.75. The number of carbonyl (C=O) groups is 1. The van der Waals surface area contributed by atoms with E-state index in [4.69, 9.17) is 27.6 Å². The zero-order valence-electron chi connectivity index (χ0n) is 13.5. The smallest absolute Gasteiger partial charge is 0.227 e. The molecule has 0 fully saturated rings. The van der Waals surface area contributed by atoms with Crippen LogP contribution >= 0.6 is 23.2 Å². The highest BCUT2D eigenvalue weighted by Gasteiger charge is 2.16. The summed E-state index contributed by atoms with van der Waals surface area (Å²) in [7, 11) is 0. The first-order valence-corrected chi connectivity index (χ1v) is 8.65. The lowest BCUT2D eigenvalue weighted by Gasteiger charge is -2.22. The third kappa shape index (κ3) is 5.12. The largest absolute Gasteiger partial charge is 0.467 e. The minimum atomic E-state index is 0.0219. The second kappa shape index (κ2) is 8.24. The molecule has 0 spiro atoms. The lowest BCUT2D eigenvalue weighted by atomic mass is 10.1. The van der Waals surface area contributed by atoms with Gasteiger partial charge in [-0.25, -0.2) is 0 Å². The molecule has 3 aromatic rings. The highest BCUT2D eigenvalue weighted by molar-refractivity contribution is 6.30. The van der Waals surface area contributed by atoms with E-state index in [1.54, 1.807) is 23.3 Å². The summed E-state index contributed by atoms with van der Waals surface area (Å²) < 4.78 is 5.40. The maximum Gasteiger partial charge on any atom is 0.227 e. The quantitative estimate of drug-likeness (QED) is 0.582. The molecule has 1 heterocycles. The number of benzene rings is 2. The molecule has 25 heavy (non-hydrogen) atoms. The van der Waals surface area contributed by atoms with Crippen LogP contribution in [0.1, 0.15) is 16.9 Å². The highest BCUT2D eigenvalue weighted by atomic mass is 35.5. The molecule has 0 bridgehead atoms. The van der Waals surface area contributed by atoms with Crippen molar-refractivity contribution in [1.29, 1.82) is 0 Å². The standard InChI is InChI=1S/C20H17Cl2NO2/c21-17-7-3-15(4-8-17)12-20(24)23(14-19-2-1-11-25-19)13-16-5-9-18(22)10-6-16/h1-11H,12-14H2. The van der Waals surface area contributed by atoms with Gasteiger partial charge in [-0.3, -0.25) is 4.79 Å². The van der Waals surface area contributed by atoms with E-state index in [1.165, 1.54) is 0 Å². The van der Waals surface area contributed by atoms with Crippen molar-refractivity contribution < 1.29 is 9.21 Å². The molecular weight excluding hydrogens is 357 g/mol. The molecule has 1 aromatic heterocycles. The maximum atomic E-state index is 12.8. The van der Waals surface area contributed by atoms with Crippen LogP contribution in [-0.2, 0) is 24.3 Å². The normalized spacial score (nSPS) is 10.6. The lowest BCUT2D eigenvalue weighted by Crippen LogP contribution is -2.31. The van der Waals surface area contributed by atoms with Gasteiger partial charge in [0.2, 0.25) is 5.91 Å². The predicted octanol–water partition coefficient (Wildman–Crippen LogP) is 5.36. The molecule has 0 aliphatic heterocycles. The predicted molar refractivity (Wildman–Crippen MR) is 99.6 cm³/mol. The summed E-state index contributed by atoms with van der Waals surface area (Å²) in [6.45, 7) is 0.909. The number of carbonyl (C=O) groups excluding carboxylic acids is 1. The number of halogens is 2. The molecule has 1 amide bonds. The van der Waals surface area contributed by atoms with Crippen LogP contribution in [-0.4, -0.2) is 10.8 Å². The van der Waals surface area contributed by atoms with Gasteiger partial charge in [0.25, 0.3) is 0 Å². The molecule has 0 N–H and O–H groups in total. The number of hydrogen-bond acceptors (Lipinski definition) is 2. The van der Waals surface area contributed by atoms with Gasteiger partial charge in [0.15, 0.2) is 0 Å². The fourth-order valence-electron chi connectivity index (χ4n) is 2.52. The summed E-state index contributed by atoms with van der Waals surface area (Å²) in [5, 5.41) is 1.33. The Morgan fingerprint density at radius 2 is 1.44 bits per heavy atom. The van der Waals surface area contributed by atoms with E-state index in [9.17, 15) is 4.79 Å². The van der Waals surface area contributed by atoms with Crippen LogP contribution < -0.4 is 0 Å². The lowest BCUT2D eigenvalue weighted by molar-refractivity contribution is -0.132. The minimum Gasteiger partial charge on any atom is -0.467 e. The third-order valence-electron chi connectivity index (χ3n) is 3.83. The van der Waals surface area contributed by atoms with E-state index in [2.05, 4.69) is 0 Å². The average Bonchev–Trinajstić information content (AvgIpc) is 3.11. The highest BCUT2D eigenvalue weighted by Crippen LogP contribution is 2.16. The molecule has 3 nitrogen and oxygen atoms in total. The van der Waals surface area contributed by atoms with E-state index in [0.717, 1.165) is 16.9 Å². The number of amides is 1. The first kappa shape index (κ1) is 17.6. The molecule has 5 heteroatoms. The number of furan rings is 1. The molecule has 3 rings (SSSR count). The second-order valence-corrected chi connectivity index (χ2v) is 6.63. The Hall–Kier alpha value is -2.23.